The van der Waals surface area contributed by atoms with Crippen molar-refractivity contribution in [2.75, 3.05) is 13.1 Å². The molecular formula is C12H17BrN2O2S. The van der Waals surface area contributed by atoms with Gasteiger partial charge in [0.25, 0.3) is 0 Å². The molecule has 1 aromatic rings. The van der Waals surface area contributed by atoms with Crippen LogP contribution in [0.5, 0.6) is 0 Å². The van der Waals surface area contributed by atoms with Gasteiger partial charge in [0, 0.05) is 24.5 Å². The maximum absolute atomic E-state index is 11.2. The van der Waals surface area contributed by atoms with Gasteiger partial charge in [-0.2, -0.15) is 0 Å². The molecule has 1 saturated heterocycles. The topological polar surface area (TPSA) is 55.6 Å². The van der Waals surface area contributed by atoms with Crippen molar-refractivity contribution in [2.24, 2.45) is 5.73 Å². The minimum atomic E-state index is -0.488. The highest BCUT2D eigenvalue weighted by Crippen LogP contribution is 2.28. The molecule has 2 rings (SSSR count). The Kier molecular flexibility index (Phi) is 4.42. The number of aryl methyl sites for hydroxylation is 1. The average Bonchev–Trinajstić information content (AvgIpc) is 2.56. The molecule has 1 fully saturated rings. The van der Waals surface area contributed by atoms with E-state index in [2.05, 4.69) is 33.8 Å². The number of primary amides is 1. The van der Waals surface area contributed by atoms with Crippen molar-refractivity contribution in [1.82, 2.24) is 4.90 Å². The summed E-state index contributed by atoms with van der Waals surface area (Å²) in [5.41, 5.74) is 6.57. The van der Waals surface area contributed by atoms with E-state index in [-0.39, 0.29) is 12.0 Å². The first kappa shape index (κ1) is 14.0. The van der Waals surface area contributed by atoms with E-state index in [0.717, 1.165) is 13.1 Å². The van der Waals surface area contributed by atoms with Crippen LogP contribution >= 0.6 is 27.3 Å². The number of carbonyl (C=O) groups excluding carboxylic acids is 1. The first-order valence-electron chi connectivity index (χ1n) is 5.87. The first-order chi connectivity index (χ1) is 8.45. The van der Waals surface area contributed by atoms with Crippen molar-refractivity contribution in [3.8, 4) is 0 Å². The summed E-state index contributed by atoms with van der Waals surface area (Å²) in [5, 5.41) is 0. The number of rotatable bonds is 3. The van der Waals surface area contributed by atoms with E-state index in [1.54, 1.807) is 11.3 Å². The highest BCUT2D eigenvalue weighted by atomic mass is 79.9. The number of morpholine rings is 1. The molecule has 6 heteroatoms. The Morgan fingerprint density at radius 2 is 2.39 bits per heavy atom. The van der Waals surface area contributed by atoms with Crippen LogP contribution in [0.2, 0.25) is 0 Å². The normalized spacial score (nSPS) is 25.3. The fourth-order valence-electron chi connectivity index (χ4n) is 2.15. The minimum Gasteiger partial charge on any atom is -0.367 e. The van der Waals surface area contributed by atoms with Crippen molar-refractivity contribution in [3.05, 3.63) is 20.3 Å². The lowest BCUT2D eigenvalue weighted by Gasteiger charge is -2.35. The van der Waals surface area contributed by atoms with Gasteiger partial charge >= 0.3 is 0 Å². The lowest BCUT2D eigenvalue weighted by Crippen LogP contribution is -2.51. The fraction of sp³-hybridized carbons (Fsp3) is 0.583. The molecule has 1 amide bonds. The summed E-state index contributed by atoms with van der Waals surface area (Å²) >= 11 is 5.27. The predicted molar refractivity (Wildman–Crippen MR) is 75.6 cm³/mol. The van der Waals surface area contributed by atoms with E-state index in [9.17, 15) is 4.79 Å². The van der Waals surface area contributed by atoms with E-state index in [0.29, 0.717) is 6.54 Å². The third-order valence-corrected chi connectivity index (χ3v) is 5.06. The lowest BCUT2D eigenvalue weighted by atomic mass is 10.2. The van der Waals surface area contributed by atoms with Crippen LogP contribution in [-0.2, 0) is 16.1 Å². The van der Waals surface area contributed by atoms with Crippen LogP contribution in [-0.4, -0.2) is 36.1 Å². The molecule has 100 valence electrons. The quantitative estimate of drug-likeness (QED) is 0.919. The summed E-state index contributed by atoms with van der Waals surface area (Å²) in [7, 11) is 0. The Morgan fingerprint density at radius 3 is 2.94 bits per heavy atom. The molecule has 1 aliphatic heterocycles. The van der Waals surface area contributed by atoms with E-state index in [1.807, 2.05) is 6.92 Å². The molecule has 0 saturated carbocycles. The van der Waals surface area contributed by atoms with Gasteiger partial charge < -0.3 is 10.5 Å². The number of thiophene rings is 1. The zero-order chi connectivity index (χ0) is 13.3. The summed E-state index contributed by atoms with van der Waals surface area (Å²) < 4.78 is 6.69. The first-order valence-corrected chi connectivity index (χ1v) is 7.48. The molecule has 18 heavy (non-hydrogen) atoms. The molecule has 0 aromatic carbocycles. The van der Waals surface area contributed by atoms with Gasteiger partial charge in [0.05, 0.1) is 9.89 Å². The van der Waals surface area contributed by atoms with E-state index in [1.165, 1.54) is 14.2 Å². The second-order valence-corrected chi connectivity index (χ2v) is 7.16. The van der Waals surface area contributed by atoms with Gasteiger partial charge in [0.2, 0.25) is 5.91 Å². The Morgan fingerprint density at radius 1 is 1.67 bits per heavy atom. The van der Waals surface area contributed by atoms with Gasteiger partial charge in [-0.05, 0) is 41.4 Å². The van der Waals surface area contributed by atoms with Crippen molar-refractivity contribution in [3.63, 3.8) is 0 Å². The van der Waals surface area contributed by atoms with Crippen LogP contribution < -0.4 is 5.73 Å². The van der Waals surface area contributed by atoms with E-state index in [4.69, 9.17) is 10.5 Å². The monoisotopic (exact) mass is 332 g/mol. The smallest absolute Gasteiger partial charge is 0.247 e. The van der Waals surface area contributed by atoms with Gasteiger partial charge in [-0.1, -0.05) is 0 Å². The van der Waals surface area contributed by atoms with E-state index >= 15 is 0 Å². The molecule has 0 radical (unpaired) electrons. The summed E-state index contributed by atoms with van der Waals surface area (Å²) in [6.07, 6.45) is -0.445. The summed E-state index contributed by atoms with van der Waals surface area (Å²) in [5.74, 6) is -0.380. The zero-order valence-electron chi connectivity index (χ0n) is 10.5. The maximum atomic E-state index is 11.2. The second kappa shape index (κ2) is 5.69. The molecule has 0 bridgehead atoms. The molecule has 1 unspecified atom stereocenters. The predicted octanol–water partition coefficient (Wildman–Crippen LogP) is 1.89. The molecule has 1 aromatic heterocycles. The van der Waals surface area contributed by atoms with Crippen LogP contribution in [0.3, 0.4) is 0 Å². The number of nitrogens with two attached hydrogens (primary N) is 1. The minimum absolute atomic E-state index is 0.0424. The highest BCUT2D eigenvalue weighted by Gasteiger charge is 2.29. The molecule has 0 aliphatic carbocycles. The Labute approximate surface area is 119 Å². The number of hydrogen-bond donors (Lipinski definition) is 1. The Balaban J connectivity index is 2.02. The SMILES string of the molecule is Cc1cc(CN2CC(C(N)=O)O[C@H](C)C2)sc1Br. The van der Waals surface area contributed by atoms with Gasteiger partial charge in [-0.15, -0.1) is 11.3 Å². The number of amides is 1. The molecule has 4 nitrogen and oxygen atoms in total. The molecular weight excluding hydrogens is 316 g/mol. The van der Waals surface area contributed by atoms with Gasteiger partial charge in [-0.3, -0.25) is 9.69 Å². The highest BCUT2D eigenvalue weighted by molar-refractivity contribution is 9.11. The third-order valence-electron chi connectivity index (χ3n) is 2.94. The summed E-state index contributed by atoms with van der Waals surface area (Å²) in [4.78, 5) is 14.7. The standard InChI is InChI=1S/C12H17BrN2O2S/c1-7-3-9(18-11(7)13)5-15-4-8(2)17-10(6-15)12(14)16/h3,8,10H,4-6H2,1-2H3,(H2,14,16)/t8-,10?/m1/s1. The number of ether oxygens (including phenoxy) is 1. The summed E-state index contributed by atoms with van der Waals surface area (Å²) in [6, 6.07) is 2.17. The van der Waals surface area contributed by atoms with Gasteiger partial charge in [-0.25, -0.2) is 0 Å². The van der Waals surface area contributed by atoms with Gasteiger partial charge in [0.15, 0.2) is 0 Å². The molecule has 0 spiro atoms. The largest absolute Gasteiger partial charge is 0.367 e. The van der Waals surface area contributed by atoms with Crippen LogP contribution in [0.1, 0.15) is 17.4 Å². The van der Waals surface area contributed by atoms with Crippen molar-refractivity contribution >= 4 is 33.2 Å². The molecule has 1 aliphatic rings. The van der Waals surface area contributed by atoms with Crippen LogP contribution in [0.25, 0.3) is 0 Å². The Bertz CT molecular complexity index is 430. The van der Waals surface area contributed by atoms with E-state index < -0.39 is 6.10 Å². The average molecular weight is 333 g/mol. The third kappa shape index (κ3) is 3.32. The van der Waals surface area contributed by atoms with Crippen molar-refractivity contribution in [2.45, 2.75) is 32.6 Å². The Hall–Kier alpha value is -0.430. The number of hydrogen-bond acceptors (Lipinski definition) is 4. The second-order valence-electron chi connectivity index (χ2n) is 4.70. The molecule has 2 heterocycles. The number of halogens is 1. The summed E-state index contributed by atoms with van der Waals surface area (Å²) in [6.45, 7) is 6.30. The maximum Gasteiger partial charge on any atom is 0.247 e. The molecule has 2 N–H and O–H groups in total. The molecule has 2 atom stereocenters. The van der Waals surface area contributed by atoms with Crippen LogP contribution in [0.4, 0.5) is 0 Å². The van der Waals surface area contributed by atoms with Crippen molar-refractivity contribution in [1.29, 1.82) is 0 Å². The number of carbonyl (C=O) groups is 1. The number of nitrogens with zero attached hydrogens (tertiary/aromatic N) is 1. The van der Waals surface area contributed by atoms with Crippen LogP contribution in [0.15, 0.2) is 9.85 Å². The zero-order valence-corrected chi connectivity index (χ0v) is 12.9. The van der Waals surface area contributed by atoms with Crippen LogP contribution in [0, 0.1) is 6.92 Å². The fourth-order valence-corrected chi connectivity index (χ4v) is 3.82. The lowest BCUT2D eigenvalue weighted by molar-refractivity contribution is -0.142. The van der Waals surface area contributed by atoms with Gasteiger partial charge in [0.1, 0.15) is 6.10 Å². The van der Waals surface area contributed by atoms with Crippen molar-refractivity contribution < 1.29 is 9.53 Å².